The largest absolute Gasteiger partial charge is 0.488 e. The van der Waals surface area contributed by atoms with Gasteiger partial charge in [0.1, 0.15) is 12.4 Å². The van der Waals surface area contributed by atoms with E-state index < -0.39 is 0 Å². The molecule has 2 rings (SSSR count). The summed E-state index contributed by atoms with van der Waals surface area (Å²) in [6.45, 7) is 4.59. The first-order valence-electron chi connectivity index (χ1n) is 7.43. The molecule has 0 fully saturated rings. The Hall–Kier alpha value is -1.80. The number of benzene rings is 2. The summed E-state index contributed by atoms with van der Waals surface area (Å²) in [5.74, 6) is 0.934. The predicted molar refractivity (Wildman–Crippen MR) is 99.8 cm³/mol. The lowest BCUT2D eigenvalue weighted by Crippen LogP contribution is -2.00. The summed E-state index contributed by atoms with van der Waals surface area (Å²) >= 11 is 3.53. The van der Waals surface area contributed by atoms with E-state index in [9.17, 15) is 0 Å². The zero-order valence-corrected chi connectivity index (χ0v) is 14.6. The van der Waals surface area contributed by atoms with Crippen molar-refractivity contribution in [2.24, 2.45) is 0 Å². The van der Waals surface area contributed by atoms with Gasteiger partial charge in [0.15, 0.2) is 0 Å². The van der Waals surface area contributed by atoms with Crippen molar-refractivity contribution in [1.82, 2.24) is 0 Å². The van der Waals surface area contributed by atoms with Gasteiger partial charge in [-0.1, -0.05) is 76.6 Å². The highest BCUT2D eigenvalue weighted by molar-refractivity contribution is 9.08. The number of alkyl halides is 1. The van der Waals surface area contributed by atoms with Gasteiger partial charge >= 0.3 is 0 Å². The molecule has 0 atom stereocenters. The topological polar surface area (TPSA) is 9.23 Å². The summed E-state index contributed by atoms with van der Waals surface area (Å²) < 4.78 is 6.10. The van der Waals surface area contributed by atoms with Gasteiger partial charge in [0.25, 0.3) is 0 Å². The number of halogens is 1. The number of allylic oxidation sites excluding steroid dienone is 4. The van der Waals surface area contributed by atoms with Crippen LogP contribution in [0.25, 0.3) is 10.8 Å². The summed E-state index contributed by atoms with van der Waals surface area (Å²) in [4.78, 5) is 0. The van der Waals surface area contributed by atoms with Crippen LogP contribution < -0.4 is 4.74 Å². The van der Waals surface area contributed by atoms with Gasteiger partial charge < -0.3 is 4.74 Å². The molecule has 0 radical (unpaired) electrons. The lowest BCUT2D eigenvalue weighted by Gasteiger charge is -2.12. The smallest absolute Gasteiger partial charge is 0.127 e. The van der Waals surface area contributed by atoms with E-state index in [1.807, 2.05) is 38.1 Å². The second-order valence-corrected chi connectivity index (χ2v) is 5.57. The maximum atomic E-state index is 6.10. The Bertz CT molecular complexity index is 711. The first-order chi connectivity index (χ1) is 10.8. The molecule has 0 heterocycles. The van der Waals surface area contributed by atoms with Crippen molar-refractivity contribution in [3.63, 3.8) is 0 Å². The second-order valence-electron chi connectivity index (χ2n) is 5.00. The van der Waals surface area contributed by atoms with Gasteiger partial charge in [-0.3, -0.25) is 0 Å². The molecule has 22 heavy (non-hydrogen) atoms. The summed E-state index contributed by atoms with van der Waals surface area (Å²) in [7, 11) is 0. The molecule has 2 aromatic carbocycles. The highest BCUT2D eigenvalue weighted by atomic mass is 79.9. The molecule has 0 saturated carbocycles. The molecule has 2 aromatic rings. The van der Waals surface area contributed by atoms with Crippen LogP contribution in [0.5, 0.6) is 5.75 Å². The minimum atomic E-state index is 0.560. The zero-order chi connectivity index (χ0) is 15.8. The van der Waals surface area contributed by atoms with E-state index in [0.717, 1.165) is 22.0 Å². The van der Waals surface area contributed by atoms with Crippen LogP contribution in [-0.4, -0.2) is 6.61 Å². The third-order valence-corrected chi connectivity index (χ3v) is 3.96. The molecule has 0 aliphatic carbocycles. The van der Waals surface area contributed by atoms with E-state index >= 15 is 0 Å². The molecule has 114 valence electrons. The van der Waals surface area contributed by atoms with Gasteiger partial charge in [0, 0.05) is 10.7 Å². The predicted octanol–water partition coefficient (Wildman–Crippen LogP) is 6.19. The number of rotatable bonds is 6. The number of hydrogen-bond donors (Lipinski definition) is 0. The molecular weight excluding hydrogens is 336 g/mol. The van der Waals surface area contributed by atoms with Crippen molar-refractivity contribution < 1.29 is 4.74 Å². The molecule has 0 aliphatic rings. The summed E-state index contributed by atoms with van der Waals surface area (Å²) in [6.07, 6.45) is 10.2. The molecule has 0 unspecified atom stereocenters. The monoisotopic (exact) mass is 356 g/mol. The molecule has 0 aromatic heterocycles. The Kier molecular flexibility index (Phi) is 6.47. The van der Waals surface area contributed by atoms with Crippen molar-refractivity contribution in [2.45, 2.75) is 19.2 Å². The molecular formula is C20H21BrO. The fourth-order valence-electron chi connectivity index (χ4n) is 2.28. The number of ether oxygens (including phenoxy) is 1. The molecule has 0 amide bonds. The van der Waals surface area contributed by atoms with Crippen molar-refractivity contribution in [3.05, 3.63) is 77.9 Å². The van der Waals surface area contributed by atoms with E-state index in [1.54, 1.807) is 0 Å². The maximum Gasteiger partial charge on any atom is 0.127 e. The van der Waals surface area contributed by atoms with E-state index in [4.69, 9.17) is 4.74 Å². The standard InChI is InChI=1S/C20H21BrO/c1-3-5-9-16(8-4-2)15-22-20-13-17(14-21)12-18-10-6-7-11-19(18)20/h3-13H,14-15H2,1-2H3/b5-3-,8-4-,16-9+. The van der Waals surface area contributed by atoms with E-state index in [1.165, 1.54) is 10.9 Å². The number of fused-ring (bicyclic) bond motifs is 1. The van der Waals surface area contributed by atoms with Gasteiger partial charge in [0.05, 0.1) is 0 Å². The van der Waals surface area contributed by atoms with Crippen molar-refractivity contribution in [2.75, 3.05) is 6.61 Å². The number of hydrogen-bond acceptors (Lipinski definition) is 1. The Morgan fingerprint density at radius 3 is 2.68 bits per heavy atom. The lowest BCUT2D eigenvalue weighted by molar-refractivity contribution is 0.359. The Labute approximate surface area is 141 Å². The molecule has 0 saturated heterocycles. The van der Waals surface area contributed by atoms with Crippen molar-refractivity contribution in [3.8, 4) is 5.75 Å². The third kappa shape index (κ3) is 4.35. The Morgan fingerprint density at radius 1 is 1.14 bits per heavy atom. The van der Waals surface area contributed by atoms with Gasteiger partial charge in [-0.05, 0) is 36.4 Å². The summed E-state index contributed by atoms with van der Waals surface area (Å²) in [5, 5.41) is 3.18. The lowest BCUT2D eigenvalue weighted by atomic mass is 10.1. The second kappa shape index (κ2) is 8.60. The molecule has 0 spiro atoms. The highest BCUT2D eigenvalue weighted by Crippen LogP contribution is 2.29. The minimum Gasteiger partial charge on any atom is -0.488 e. The van der Waals surface area contributed by atoms with Gasteiger partial charge in [-0.25, -0.2) is 0 Å². The molecule has 0 aliphatic heterocycles. The first kappa shape index (κ1) is 16.6. The first-order valence-corrected chi connectivity index (χ1v) is 8.55. The molecule has 0 bridgehead atoms. The van der Waals surface area contributed by atoms with Crippen LogP contribution in [-0.2, 0) is 5.33 Å². The minimum absolute atomic E-state index is 0.560. The fraction of sp³-hybridized carbons (Fsp3) is 0.200. The average Bonchev–Trinajstić information content (AvgIpc) is 2.56. The van der Waals surface area contributed by atoms with Crippen LogP contribution >= 0.6 is 15.9 Å². The van der Waals surface area contributed by atoms with E-state index in [2.05, 4.69) is 58.4 Å². The normalized spacial score (nSPS) is 12.6. The van der Waals surface area contributed by atoms with Crippen molar-refractivity contribution >= 4 is 26.7 Å². The highest BCUT2D eigenvalue weighted by Gasteiger charge is 2.05. The third-order valence-electron chi connectivity index (χ3n) is 3.32. The van der Waals surface area contributed by atoms with E-state index in [0.29, 0.717) is 6.61 Å². The van der Waals surface area contributed by atoms with Crippen LogP contribution in [0.2, 0.25) is 0 Å². The molecule has 1 nitrogen and oxygen atoms in total. The Balaban J connectivity index is 2.30. The average molecular weight is 357 g/mol. The quantitative estimate of drug-likeness (QED) is 0.442. The fourth-order valence-corrected chi connectivity index (χ4v) is 2.60. The van der Waals surface area contributed by atoms with Crippen LogP contribution in [0, 0.1) is 0 Å². The van der Waals surface area contributed by atoms with Crippen LogP contribution in [0.1, 0.15) is 19.4 Å². The van der Waals surface area contributed by atoms with Crippen LogP contribution in [0.3, 0.4) is 0 Å². The summed E-state index contributed by atoms with van der Waals surface area (Å²) in [6, 6.07) is 12.6. The Morgan fingerprint density at radius 2 is 1.95 bits per heavy atom. The maximum absolute atomic E-state index is 6.10. The SMILES string of the molecule is C\C=C/C=C(\C=C/C)COc1cc(CBr)cc2ccccc12. The molecule has 0 N–H and O–H groups in total. The van der Waals surface area contributed by atoms with Gasteiger partial charge in [-0.15, -0.1) is 0 Å². The molecule has 2 heteroatoms. The van der Waals surface area contributed by atoms with E-state index in [-0.39, 0.29) is 0 Å². The van der Waals surface area contributed by atoms with Crippen LogP contribution in [0.15, 0.2) is 72.4 Å². The van der Waals surface area contributed by atoms with Crippen LogP contribution in [0.4, 0.5) is 0 Å². The van der Waals surface area contributed by atoms with Gasteiger partial charge in [0.2, 0.25) is 0 Å². The zero-order valence-electron chi connectivity index (χ0n) is 13.1. The van der Waals surface area contributed by atoms with Gasteiger partial charge in [-0.2, -0.15) is 0 Å². The summed E-state index contributed by atoms with van der Waals surface area (Å²) in [5.41, 5.74) is 2.37. The van der Waals surface area contributed by atoms with Crippen molar-refractivity contribution in [1.29, 1.82) is 0 Å².